The average molecular weight is 650 g/mol. The number of aliphatic carboxylic acids is 1. The van der Waals surface area contributed by atoms with Crippen molar-refractivity contribution in [1.29, 1.82) is 0 Å². The molecule has 0 amide bonds. The Morgan fingerprint density at radius 1 is 1.00 bits per heavy atom. The Hall–Kier alpha value is -3.14. The molecule has 3 N–H and O–H groups in total. The monoisotopic (exact) mass is 648 g/mol. The summed E-state index contributed by atoms with van der Waals surface area (Å²) in [6, 6.07) is 17.1. The maximum absolute atomic E-state index is 11.4. The van der Waals surface area contributed by atoms with Crippen LogP contribution < -0.4 is 10.2 Å². The van der Waals surface area contributed by atoms with Crippen molar-refractivity contribution in [3.63, 3.8) is 0 Å². The van der Waals surface area contributed by atoms with E-state index in [0.29, 0.717) is 53.6 Å². The largest absolute Gasteiger partial charge is 0.481 e. The minimum atomic E-state index is -0.739. The smallest absolute Gasteiger partial charge is 0.307 e. The molecule has 1 saturated carbocycles. The van der Waals surface area contributed by atoms with Crippen molar-refractivity contribution < 1.29 is 19.4 Å². The van der Waals surface area contributed by atoms with Gasteiger partial charge in [-0.3, -0.25) is 9.69 Å². The Labute approximate surface area is 272 Å². The summed E-state index contributed by atoms with van der Waals surface area (Å²) in [5.74, 6) is -0.566. The van der Waals surface area contributed by atoms with Gasteiger partial charge in [0.2, 0.25) is 5.89 Å². The third kappa shape index (κ3) is 6.19. The number of nitrogens with one attached hydrogen (secondary N) is 1. The minimum Gasteiger partial charge on any atom is -0.481 e. The Morgan fingerprint density at radius 3 is 2.47 bits per heavy atom. The van der Waals surface area contributed by atoms with Crippen LogP contribution in [0.5, 0.6) is 0 Å². The lowest BCUT2D eigenvalue weighted by Crippen LogP contribution is -2.52. The van der Waals surface area contributed by atoms with Gasteiger partial charge in [0.05, 0.1) is 27.8 Å². The second-order valence-corrected chi connectivity index (χ2v) is 13.7. The van der Waals surface area contributed by atoms with Gasteiger partial charge in [-0.15, -0.1) is 0 Å². The molecule has 1 aliphatic carbocycles. The number of carboxylic acid groups (broad SMARTS) is 1. The first-order valence-corrected chi connectivity index (χ1v) is 16.6. The summed E-state index contributed by atoms with van der Waals surface area (Å²) in [5, 5.41) is 23.9. The number of carboxylic acids is 1. The predicted octanol–water partition coefficient (Wildman–Crippen LogP) is 6.77. The molecule has 8 nitrogen and oxygen atoms in total. The van der Waals surface area contributed by atoms with Gasteiger partial charge in [0, 0.05) is 49.4 Å². The maximum atomic E-state index is 11.4. The zero-order chi connectivity index (χ0) is 31.2. The summed E-state index contributed by atoms with van der Waals surface area (Å²) in [4.78, 5) is 20.8. The van der Waals surface area contributed by atoms with Gasteiger partial charge in [0.15, 0.2) is 5.58 Å². The van der Waals surface area contributed by atoms with Gasteiger partial charge in [0.25, 0.3) is 0 Å². The van der Waals surface area contributed by atoms with E-state index < -0.39 is 5.97 Å². The van der Waals surface area contributed by atoms with Crippen LogP contribution in [-0.4, -0.2) is 70.4 Å². The van der Waals surface area contributed by atoms with Crippen molar-refractivity contribution in [1.82, 2.24) is 15.2 Å². The zero-order valence-corrected chi connectivity index (χ0v) is 26.8. The van der Waals surface area contributed by atoms with Crippen LogP contribution in [0.4, 0.5) is 5.69 Å². The molecular formula is C35H38Cl2N4O4. The number of oxazole rings is 1. The molecule has 0 bridgehead atoms. The van der Waals surface area contributed by atoms with Crippen LogP contribution >= 0.6 is 23.2 Å². The number of likely N-dealkylation sites (tertiary alicyclic amines) is 1. The third-order valence-corrected chi connectivity index (χ3v) is 10.5. The molecule has 3 fully saturated rings. The second-order valence-electron chi connectivity index (χ2n) is 12.9. The molecule has 45 heavy (non-hydrogen) atoms. The number of rotatable bonds is 8. The summed E-state index contributed by atoms with van der Waals surface area (Å²) in [6.45, 7) is 5.82. The quantitative estimate of drug-likeness (QED) is 0.193. The van der Waals surface area contributed by atoms with Gasteiger partial charge in [-0.2, -0.15) is 0 Å². The van der Waals surface area contributed by atoms with E-state index in [4.69, 9.17) is 32.6 Å². The molecule has 2 saturated heterocycles. The maximum Gasteiger partial charge on any atom is 0.307 e. The van der Waals surface area contributed by atoms with Crippen LogP contribution in [0.3, 0.4) is 0 Å². The molecule has 4 aromatic rings. The number of halogens is 2. The number of benzene rings is 3. The summed E-state index contributed by atoms with van der Waals surface area (Å²) in [5.41, 5.74) is 7.13. The number of hydrogen-bond acceptors (Lipinski definition) is 7. The highest BCUT2D eigenvalue weighted by atomic mass is 35.5. The number of nitrogens with zero attached hydrogens (tertiary/aromatic N) is 3. The highest BCUT2D eigenvalue weighted by Gasteiger charge is 2.31. The molecule has 3 aliphatic rings. The number of hydrogen-bond donors (Lipinski definition) is 3. The van der Waals surface area contributed by atoms with E-state index in [1.165, 1.54) is 0 Å². The molecule has 10 heteroatoms. The van der Waals surface area contributed by atoms with Crippen molar-refractivity contribution in [2.24, 2.45) is 5.92 Å². The van der Waals surface area contributed by atoms with E-state index in [1.807, 2.05) is 24.3 Å². The first-order valence-electron chi connectivity index (χ1n) is 15.9. The fourth-order valence-corrected chi connectivity index (χ4v) is 7.79. The molecule has 3 aromatic carbocycles. The summed E-state index contributed by atoms with van der Waals surface area (Å²) in [7, 11) is 0. The van der Waals surface area contributed by atoms with Crippen LogP contribution in [0.1, 0.15) is 43.2 Å². The van der Waals surface area contributed by atoms with Crippen molar-refractivity contribution in [3.8, 4) is 22.6 Å². The van der Waals surface area contributed by atoms with E-state index in [1.54, 1.807) is 0 Å². The molecule has 1 aromatic heterocycles. The normalized spacial score (nSPS) is 22.7. The number of aliphatic hydroxyl groups is 1. The molecule has 3 heterocycles. The predicted molar refractivity (Wildman–Crippen MR) is 178 cm³/mol. The Balaban J connectivity index is 1.11. The second kappa shape index (κ2) is 12.6. The Morgan fingerprint density at radius 2 is 1.73 bits per heavy atom. The van der Waals surface area contributed by atoms with Gasteiger partial charge >= 0.3 is 5.97 Å². The van der Waals surface area contributed by atoms with Gasteiger partial charge < -0.3 is 24.8 Å². The van der Waals surface area contributed by atoms with Gasteiger partial charge in [-0.1, -0.05) is 47.5 Å². The number of fused-ring (bicyclic) bond motifs is 1. The highest BCUT2D eigenvalue weighted by molar-refractivity contribution is 6.36. The molecule has 7 rings (SSSR count). The van der Waals surface area contributed by atoms with Gasteiger partial charge in [-0.05, 0) is 86.5 Å². The SMILES string of the molecule is Cc1c(-c2nc3cc(CN4CC[C@@H](C(=O)O)C4)cc(Cl)c3o2)cccc1-c1cccc(N2CCC(N[C@H]3C[C@@H](O)C3)CC2)c1Cl. The Kier molecular flexibility index (Phi) is 8.52. The lowest BCUT2D eigenvalue weighted by molar-refractivity contribution is -0.141. The van der Waals surface area contributed by atoms with Crippen molar-refractivity contribution in [2.75, 3.05) is 31.1 Å². The van der Waals surface area contributed by atoms with E-state index in [0.717, 1.165) is 83.8 Å². The van der Waals surface area contributed by atoms with Crippen molar-refractivity contribution in [3.05, 3.63) is 69.7 Å². The van der Waals surface area contributed by atoms with Crippen LogP contribution in [0, 0.1) is 12.8 Å². The molecule has 0 spiro atoms. The van der Waals surface area contributed by atoms with Gasteiger partial charge in [-0.25, -0.2) is 4.98 Å². The number of piperidine rings is 1. The van der Waals surface area contributed by atoms with E-state index in [2.05, 4.69) is 46.3 Å². The molecule has 236 valence electrons. The molecule has 0 unspecified atom stereocenters. The first-order chi connectivity index (χ1) is 21.7. The molecular weight excluding hydrogens is 611 g/mol. The fourth-order valence-electron chi connectivity index (χ4n) is 7.16. The molecule has 1 atom stereocenters. The summed E-state index contributed by atoms with van der Waals surface area (Å²) >= 11 is 13.8. The topological polar surface area (TPSA) is 102 Å². The van der Waals surface area contributed by atoms with Crippen LogP contribution in [-0.2, 0) is 11.3 Å². The standard InChI is InChI=1S/C35H38Cl2N4O4/c1-20-26(28-6-3-7-31(32(28)37)41-12-9-23(10-13-41)38-24-16-25(42)17-24)4-2-5-27(20)34-39-30-15-21(14-29(36)33(30)45-34)18-40-11-8-22(19-40)35(43)44/h2-7,14-15,22-25,38,42H,8-13,16-19H2,1H3,(H,43,44)/t22-,24-,25+/m1/s1. The van der Waals surface area contributed by atoms with Crippen molar-refractivity contribution >= 4 is 46.0 Å². The number of aliphatic hydroxyl groups excluding tert-OH is 1. The first kappa shape index (κ1) is 30.5. The number of aromatic nitrogens is 1. The third-order valence-electron chi connectivity index (χ3n) is 9.79. The minimum absolute atomic E-state index is 0.138. The number of carbonyl (C=O) groups is 1. The van der Waals surface area contributed by atoms with Crippen LogP contribution in [0.2, 0.25) is 10.0 Å². The van der Waals surface area contributed by atoms with E-state index in [-0.39, 0.29) is 12.0 Å². The lowest BCUT2D eigenvalue weighted by atomic mass is 9.88. The summed E-state index contributed by atoms with van der Waals surface area (Å²) in [6.07, 6.45) is 4.33. The van der Waals surface area contributed by atoms with E-state index in [9.17, 15) is 15.0 Å². The highest BCUT2D eigenvalue weighted by Crippen LogP contribution is 2.41. The molecule has 0 radical (unpaired) electrons. The van der Waals surface area contributed by atoms with E-state index >= 15 is 0 Å². The van der Waals surface area contributed by atoms with Crippen molar-refractivity contribution in [2.45, 2.75) is 63.8 Å². The average Bonchev–Trinajstić information content (AvgIpc) is 3.65. The van der Waals surface area contributed by atoms with Crippen LogP contribution in [0.15, 0.2) is 52.9 Å². The van der Waals surface area contributed by atoms with Crippen LogP contribution in [0.25, 0.3) is 33.7 Å². The number of anilines is 1. The Bertz CT molecular complexity index is 1730. The molecule has 2 aliphatic heterocycles. The lowest BCUT2D eigenvalue weighted by Gasteiger charge is -2.40. The fraction of sp³-hybridized carbons (Fsp3) is 0.429. The summed E-state index contributed by atoms with van der Waals surface area (Å²) < 4.78 is 6.24. The zero-order valence-electron chi connectivity index (χ0n) is 25.3. The van der Waals surface area contributed by atoms with Gasteiger partial charge in [0.1, 0.15) is 5.52 Å².